The van der Waals surface area contributed by atoms with Crippen LogP contribution in [0.2, 0.25) is 0 Å². The van der Waals surface area contributed by atoms with Gasteiger partial charge in [0.15, 0.2) is 0 Å². The Morgan fingerprint density at radius 3 is 2.57 bits per heavy atom. The SMILES string of the molecule is CN(Cc1cc(F)ccc1OC=CC(=O)O)C(=O)OC(C)(C)C. The lowest BCUT2D eigenvalue weighted by atomic mass is 10.2. The van der Waals surface area contributed by atoms with Gasteiger partial charge in [0.2, 0.25) is 0 Å². The summed E-state index contributed by atoms with van der Waals surface area (Å²) in [5, 5.41) is 8.54. The van der Waals surface area contributed by atoms with Crippen LogP contribution in [0.3, 0.4) is 0 Å². The van der Waals surface area contributed by atoms with Crippen molar-refractivity contribution in [3.63, 3.8) is 0 Å². The van der Waals surface area contributed by atoms with Crippen LogP contribution in [0.1, 0.15) is 26.3 Å². The summed E-state index contributed by atoms with van der Waals surface area (Å²) in [6, 6.07) is 3.76. The summed E-state index contributed by atoms with van der Waals surface area (Å²) in [6.45, 7) is 5.27. The minimum absolute atomic E-state index is 0.0446. The molecule has 1 N–H and O–H groups in total. The Morgan fingerprint density at radius 2 is 2.00 bits per heavy atom. The monoisotopic (exact) mass is 325 g/mol. The molecule has 0 spiro atoms. The Labute approximate surface area is 134 Å². The van der Waals surface area contributed by atoms with E-state index in [1.165, 1.54) is 30.1 Å². The van der Waals surface area contributed by atoms with E-state index in [9.17, 15) is 14.0 Å². The molecule has 1 rings (SSSR count). The molecule has 0 saturated heterocycles. The number of carbonyl (C=O) groups is 2. The summed E-state index contributed by atoms with van der Waals surface area (Å²) in [6.07, 6.45) is 1.23. The number of amides is 1. The summed E-state index contributed by atoms with van der Waals surface area (Å²) < 4.78 is 23.8. The van der Waals surface area contributed by atoms with Crippen molar-refractivity contribution in [3.8, 4) is 5.75 Å². The second kappa shape index (κ2) is 7.62. The van der Waals surface area contributed by atoms with E-state index >= 15 is 0 Å². The van der Waals surface area contributed by atoms with Crippen LogP contribution in [0.5, 0.6) is 5.75 Å². The molecule has 0 radical (unpaired) electrons. The van der Waals surface area contributed by atoms with Gasteiger partial charge in [0.1, 0.15) is 17.2 Å². The van der Waals surface area contributed by atoms with Gasteiger partial charge in [-0.1, -0.05) is 0 Å². The van der Waals surface area contributed by atoms with E-state index in [0.29, 0.717) is 5.56 Å². The Bertz CT molecular complexity index is 607. The topological polar surface area (TPSA) is 76.1 Å². The third kappa shape index (κ3) is 6.82. The van der Waals surface area contributed by atoms with Crippen LogP contribution in [0.15, 0.2) is 30.5 Å². The maximum atomic E-state index is 13.4. The summed E-state index contributed by atoms with van der Waals surface area (Å²) >= 11 is 0. The number of hydrogen-bond donors (Lipinski definition) is 1. The lowest BCUT2D eigenvalue weighted by molar-refractivity contribution is -0.131. The smallest absolute Gasteiger partial charge is 0.410 e. The molecule has 1 aromatic carbocycles. The highest BCUT2D eigenvalue weighted by Gasteiger charge is 2.20. The number of ether oxygens (including phenoxy) is 2. The van der Waals surface area contributed by atoms with Crippen LogP contribution in [-0.4, -0.2) is 34.7 Å². The molecule has 23 heavy (non-hydrogen) atoms. The third-order valence-corrected chi connectivity index (χ3v) is 2.54. The maximum absolute atomic E-state index is 13.4. The molecule has 7 heteroatoms. The van der Waals surface area contributed by atoms with Gasteiger partial charge >= 0.3 is 12.1 Å². The molecule has 0 aliphatic rings. The van der Waals surface area contributed by atoms with Crippen molar-refractivity contribution in [2.45, 2.75) is 32.9 Å². The molecule has 0 aliphatic heterocycles. The zero-order valence-corrected chi connectivity index (χ0v) is 13.5. The van der Waals surface area contributed by atoms with E-state index < -0.39 is 23.5 Å². The van der Waals surface area contributed by atoms with Crippen molar-refractivity contribution >= 4 is 12.1 Å². The second-order valence-electron chi connectivity index (χ2n) is 5.85. The molecular formula is C16H20FNO5. The average Bonchev–Trinajstić information content (AvgIpc) is 2.38. The lowest BCUT2D eigenvalue weighted by Crippen LogP contribution is -2.33. The number of rotatable bonds is 5. The molecule has 1 aromatic rings. The van der Waals surface area contributed by atoms with Crippen molar-refractivity contribution < 1.29 is 28.6 Å². The zero-order chi connectivity index (χ0) is 17.6. The first-order chi connectivity index (χ1) is 10.6. The highest BCUT2D eigenvalue weighted by molar-refractivity contribution is 5.79. The van der Waals surface area contributed by atoms with Crippen molar-refractivity contribution in [2.75, 3.05) is 7.05 Å². The molecule has 126 valence electrons. The number of aliphatic carboxylic acids is 1. The highest BCUT2D eigenvalue weighted by atomic mass is 19.1. The Kier molecular flexibility index (Phi) is 6.12. The van der Waals surface area contributed by atoms with E-state index in [4.69, 9.17) is 14.6 Å². The Balaban J connectivity index is 2.87. The fraction of sp³-hybridized carbons (Fsp3) is 0.375. The standard InChI is InChI=1S/C16H20FNO5/c1-16(2,3)23-15(21)18(4)10-11-9-12(17)5-6-13(11)22-8-7-14(19)20/h5-9H,10H2,1-4H3,(H,19,20). The molecule has 0 aliphatic carbocycles. The van der Waals surface area contributed by atoms with Crippen molar-refractivity contribution in [3.05, 3.63) is 41.9 Å². The van der Waals surface area contributed by atoms with Crippen molar-refractivity contribution in [1.82, 2.24) is 4.90 Å². The van der Waals surface area contributed by atoms with Crippen LogP contribution in [0.4, 0.5) is 9.18 Å². The van der Waals surface area contributed by atoms with Crippen LogP contribution in [0, 0.1) is 5.82 Å². The van der Waals surface area contributed by atoms with Crippen LogP contribution < -0.4 is 4.74 Å². The fourth-order valence-corrected chi connectivity index (χ4v) is 1.61. The summed E-state index contributed by atoms with van der Waals surface area (Å²) in [7, 11) is 1.51. The van der Waals surface area contributed by atoms with E-state index in [0.717, 1.165) is 12.3 Å². The second-order valence-corrected chi connectivity index (χ2v) is 5.85. The number of carbonyl (C=O) groups excluding carboxylic acids is 1. The Morgan fingerprint density at radius 1 is 1.35 bits per heavy atom. The molecule has 0 bridgehead atoms. The van der Waals surface area contributed by atoms with E-state index in [-0.39, 0.29) is 12.3 Å². The quantitative estimate of drug-likeness (QED) is 0.665. The molecule has 0 saturated carbocycles. The molecule has 0 aromatic heterocycles. The summed E-state index contributed by atoms with van der Waals surface area (Å²) in [5.74, 6) is -1.41. The van der Waals surface area contributed by atoms with Crippen LogP contribution in [-0.2, 0) is 16.1 Å². The van der Waals surface area contributed by atoms with Gasteiger partial charge in [0, 0.05) is 12.6 Å². The number of carboxylic acid groups (broad SMARTS) is 1. The zero-order valence-electron chi connectivity index (χ0n) is 13.5. The molecule has 0 atom stereocenters. The lowest BCUT2D eigenvalue weighted by Gasteiger charge is -2.25. The van der Waals surface area contributed by atoms with Gasteiger partial charge in [-0.05, 0) is 39.0 Å². The van der Waals surface area contributed by atoms with E-state index in [1.807, 2.05) is 0 Å². The average molecular weight is 325 g/mol. The van der Waals surface area contributed by atoms with Gasteiger partial charge in [-0.2, -0.15) is 0 Å². The van der Waals surface area contributed by atoms with Gasteiger partial charge in [0.05, 0.1) is 18.9 Å². The number of benzene rings is 1. The number of halogens is 1. The van der Waals surface area contributed by atoms with Gasteiger partial charge in [-0.3, -0.25) is 0 Å². The van der Waals surface area contributed by atoms with Gasteiger partial charge in [0.25, 0.3) is 0 Å². The molecule has 0 fully saturated rings. The van der Waals surface area contributed by atoms with Crippen molar-refractivity contribution in [1.29, 1.82) is 0 Å². The first-order valence-corrected chi connectivity index (χ1v) is 6.87. The minimum atomic E-state index is -1.17. The number of hydrogen-bond acceptors (Lipinski definition) is 4. The van der Waals surface area contributed by atoms with Gasteiger partial charge < -0.3 is 19.5 Å². The highest BCUT2D eigenvalue weighted by Crippen LogP contribution is 2.22. The predicted octanol–water partition coefficient (Wildman–Crippen LogP) is 3.17. The molecule has 1 amide bonds. The third-order valence-electron chi connectivity index (χ3n) is 2.54. The maximum Gasteiger partial charge on any atom is 0.410 e. The van der Waals surface area contributed by atoms with Crippen molar-refractivity contribution in [2.24, 2.45) is 0 Å². The van der Waals surface area contributed by atoms with Crippen LogP contribution in [0.25, 0.3) is 0 Å². The molecule has 0 unspecified atom stereocenters. The Hall–Kier alpha value is -2.57. The minimum Gasteiger partial charge on any atom is -0.478 e. The first-order valence-electron chi connectivity index (χ1n) is 6.87. The van der Waals surface area contributed by atoms with E-state index in [1.54, 1.807) is 20.8 Å². The largest absolute Gasteiger partial charge is 0.478 e. The number of nitrogens with zero attached hydrogens (tertiary/aromatic N) is 1. The summed E-state index contributed by atoms with van der Waals surface area (Å²) in [5.41, 5.74) is -0.259. The predicted molar refractivity (Wildman–Crippen MR) is 81.5 cm³/mol. The summed E-state index contributed by atoms with van der Waals surface area (Å²) in [4.78, 5) is 23.6. The number of carboxylic acids is 1. The van der Waals surface area contributed by atoms with Gasteiger partial charge in [-0.15, -0.1) is 0 Å². The van der Waals surface area contributed by atoms with E-state index in [2.05, 4.69) is 0 Å². The van der Waals surface area contributed by atoms with Crippen LogP contribution >= 0.6 is 0 Å². The fourth-order valence-electron chi connectivity index (χ4n) is 1.61. The first kappa shape index (κ1) is 18.5. The molecule has 0 heterocycles. The molecular weight excluding hydrogens is 305 g/mol. The molecule has 6 nitrogen and oxygen atoms in total. The van der Waals surface area contributed by atoms with Gasteiger partial charge in [-0.25, -0.2) is 14.0 Å². The normalized spacial score (nSPS) is 11.3.